The first-order valence-electron chi connectivity index (χ1n) is 9.56. The maximum absolute atomic E-state index is 2.78. The van der Waals surface area contributed by atoms with Crippen molar-refractivity contribution in [1.29, 1.82) is 0 Å². The van der Waals surface area contributed by atoms with E-state index in [4.69, 9.17) is 0 Å². The zero-order chi connectivity index (χ0) is 17.2. The normalized spacial score (nSPS) is 22.0. The van der Waals surface area contributed by atoms with Crippen molar-refractivity contribution in [2.75, 3.05) is 4.90 Å². The highest BCUT2D eigenvalue weighted by atomic mass is 32.1. The number of benzene rings is 1. The molecule has 3 heterocycles. The lowest BCUT2D eigenvalue weighted by Gasteiger charge is -2.46. The number of thiophene rings is 1. The summed E-state index contributed by atoms with van der Waals surface area (Å²) in [6.07, 6.45) is 6.64. The summed E-state index contributed by atoms with van der Waals surface area (Å²) in [5.41, 5.74) is 7.63. The molecule has 0 saturated heterocycles. The molecule has 0 amide bonds. The van der Waals surface area contributed by atoms with E-state index in [0.29, 0.717) is 6.04 Å². The minimum atomic E-state index is 0.184. The molecule has 0 radical (unpaired) electrons. The van der Waals surface area contributed by atoms with Crippen LogP contribution in [0.3, 0.4) is 0 Å². The Balaban J connectivity index is 1.81. The second-order valence-electron chi connectivity index (χ2n) is 7.88. The maximum atomic E-state index is 2.78. The van der Waals surface area contributed by atoms with Crippen molar-refractivity contribution in [3.63, 3.8) is 0 Å². The summed E-state index contributed by atoms with van der Waals surface area (Å²) >= 11 is 1.94. The van der Waals surface area contributed by atoms with Crippen molar-refractivity contribution in [3.8, 4) is 0 Å². The van der Waals surface area contributed by atoms with Gasteiger partial charge in [-0.05, 0) is 49.8 Å². The number of hydrogen-bond donors (Lipinski definition) is 0. The van der Waals surface area contributed by atoms with Gasteiger partial charge in [0.05, 0.1) is 21.8 Å². The van der Waals surface area contributed by atoms with Gasteiger partial charge in [0.25, 0.3) is 0 Å². The standard InChI is InChI=1S/C22H26N2S/c1-15-9-5-6-10-17(15)24-16(2)20-19(22(24)12-7-4-8-13-22)21-18(23(20)3)11-14-25-21/h5-6,9-11,14,16H,4,7-8,12-13H2,1-3H3. The number of fused-ring (bicyclic) bond motifs is 4. The summed E-state index contributed by atoms with van der Waals surface area (Å²) in [4.78, 5) is 2.78. The third-order valence-electron chi connectivity index (χ3n) is 6.62. The van der Waals surface area contributed by atoms with Gasteiger partial charge in [-0.3, -0.25) is 0 Å². The molecule has 0 bridgehead atoms. The van der Waals surface area contributed by atoms with Crippen LogP contribution in [0.2, 0.25) is 0 Å². The van der Waals surface area contributed by atoms with Crippen LogP contribution in [0, 0.1) is 6.92 Å². The number of para-hydroxylation sites is 1. The Bertz CT molecular complexity index is 942. The van der Waals surface area contributed by atoms with Crippen LogP contribution in [-0.4, -0.2) is 4.57 Å². The van der Waals surface area contributed by atoms with Crippen molar-refractivity contribution >= 4 is 27.2 Å². The first kappa shape index (κ1) is 15.5. The van der Waals surface area contributed by atoms with Crippen LogP contribution in [0.15, 0.2) is 35.7 Å². The highest BCUT2D eigenvalue weighted by Crippen LogP contribution is 2.58. The number of anilines is 1. The van der Waals surface area contributed by atoms with Gasteiger partial charge in [0.2, 0.25) is 0 Å². The minimum Gasteiger partial charge on any atom is -0.353 e. The summed E-state index contributed by atoms with van der Waals surface area (Å²) in [7, 11) is 2.27. The van der Waals surface area contributed by atoms with Crippen LogP contribution in [0.5, 0.6) is 0 Å². The topological polar surface area (TPSA) is 8.17 Å². The van der Waals surface area contributed by atoms with E-state index in [2.05, 4.69) is 66.1 Å². The minimum absolute atomic E-state index is 0.184. The molecular formula is C22H26N2S. The van der Waals surface area contributed by atoms with Crippen molar-refractivity contribution in [1.82, 2.24) is 4.57 Å². The van der Waals surface area contributed by atoms with Gasteiger partial charge in [-0.25, -0.2) is 0 Å². The third kappa shape index (κ3) is 1.90. The van der Waals surface area contributed by atoms with Gasteiger partial charge in [-0.2, -0.15) is 0 Å². The van der Waals surface area contributed by atoms with Crippen molar-refractivity contribution in [2.24, 2.45) is 7.05 Å². The van der Waals surface area contributed by atoms with E-state index in [1.54, 1.807) is 11.3 Å². The zero-order valence-electron chi connectivity index (χ0n) is 15.4. The molecule has 3 heteroatoms. The fourth-order valence-electron chi connectivity index (χ4n) is 5.62. The Morgan fingerprint density at radius 2 is 1.84 bits per heavy atom. The van der Waals surface area contributed by atoms with Gasteiger partial charge >= 0.3 is 0 Å². The van der Waals surface area contributed by atoms with Crippen molar-refractivity contribution in [3.05, 3.63) is 52.5 Å². The molecule has 130 valence electrons. The largest absolute Gasteiger partial charge is 0.353 e. The lowest BCUT2D eigenvalue weighted by atomic mass is 9.77. The Labute approximate surface area is 154 Å². The monoisotopic (exact) mass is 350 g/mol. The SMILES string of the molecule is Cc1ccccc1N1C(C)c2c(c3sccc3n2C)C12CCCCC2. The molecule has 0 N–H and O–H groups in total. The molecule has 5 rings (SSSR count). The number of rotatable bonds is 1. The quantitative estimate of drug-likeness (QED) is 0.501. The fraction of sp³-hybridized carbons (Fsp3) is 0.455. The molecular weight excluding hydrogens is 324 g/mol. The molecule has 1 saturated carbocycles. The first-order chi connectivity index (χ1) is 12.1. The predicted octanol–water partition coefficient (Wildman–Crippen LogP) is 6.29. The lowest BCUT2D eigenvalue weighted by molar-refractivity contribution is 0.285. The number of hydrogen-bond acceptors (Lipinski definition) is 2. The fourth-order valence-corrected chi connectivity index (χ4v) is 6.69. The maximum Gasteiger partial charge on any atom is 0.0693 e. The summed E-state index contributed by atoms with van der Waals surface area (Å²) in [6, 6.07) is 11.7. The number of nitrogens with zero attached hydrogens (tertiary/aromatic N) is 2. The van der Waals surface area contributed by atoms with Crippen LogP contribution in [-0.2, 0) is 12.6 Å². The Hall–Kier alpha value is -1.74. The Morgan fingerprint density at radius 3 is 2.60 bits per heavy atom. The van der Waals surface area contributed by atoms with Gasteiger partial charge in [0.1, 0.15) is 0 Å². The number of aromatic nitrogens is 1. The van der Waals surface area contributed by atoms with Gasteiger partial charge < -0.3 is 9.47 Å². The molecule has 3 aromatic rings. The van der Waals surface area contributed by atoms with Gasteiger partial charge in [-0.15, -0.1) is 11.3 Å². The van der Waals surface area contributed by atoms with E-state index >= 15 is 0 Å². The van der Waals surface area contributed by atoms with Crippen molar-refractivity contribution < 1.29 is 0 Å². The van der Waals surface area contributed by atoms with Gasteiger partial charge in [0, 0.05) is 24.0 Å². The molecule has 2 nitrogen and oxygen atoms in total. The van der Waals surface area contributed by atoms with E-state index in [0.717, 1.165) is 0 Å². The highest BCUT2D eigenvalue weighted by Gasteiger charge is 2.52. The molecule has 1 fully saturated rings. The highest BCUT2D eigenvalue weighted by molar-refractivity contribution is 7.17. The predicted molar refractivity (Wildman–Crippen MR) is 108 cm³/mol. The Morgan fingerprint density at radius 1 is 1.08 bits per heavy atom. The summed E-state index contributed by atoms with van der Waals surface area (Å²) in [5, 5.41) is 2.27. The molecule has 1 spiro atoms. The lowest BCUT2D eigenvalue weighted by Crippen LogP contribution is -2.44. The molecule has 25 heavy (non-hydrogen) atoms. The average Bonchev–Trinajstić information content (AvgIpc) is 3.25. The second kappa shape index (κ2) is 5.38. The molecule has 1 atom stereocenters. The molecule has 1 aliphatic carbocycles. The molecule has 2 aromatic heterocycles. The summed E-state index contributed by atoms with van der Waals surface area (Å²) < 4.78 is 4.00. The van der Waals surface area contributed by atoms with Gasteiger partial charge in [0.15, 0.2) is 0 Å². The molecule has 1 aliphatic heterocycles. The van der Waals surface area contributed by atoms with Crippen LogP contribution < -0.4 is 4.90 Å². The van der Waals surface area contributed by atoms with Gasteiger partial charge in [-0.1, -0.05) is 37.5 Å². The van der Waals surface area contributed by atoms with E-state index in [1.165, 1.54) is 53.6 Å². The molecule has 2 aliphatic rings. The Kier molecular flexibility index (Phi) is 3.34. The zero-order valence-corrected chi connectivity index (χ0v) is 16.2. The summed E-state index contributed by atoms with van der Waals surface area (Å²) in [5.74, 6) is 0. The van der Waals surface area contributed by atoms with Crippen LogP contribution in [0.1, 0.15) is 61.9 Å². The van der Waals surface area contributed by atoms with Crippen LogP contribution >= 0.6 is 11.3 Å². The molecule has 1 aromatic carbocycles. The van der Waals surface area contributed by atoms with E-state index in [9.17, 15) is 0 Å². The average molecular weight is 351 g/mol. The first-order valence-corrected chi connectivity index (χ1v) is 10.4. The van der Waals surface area contributed by atoms with Crippen LogP contribution in [0.4, 0.5) is 5.69 Å². The number of aryl methyl sites for hydroxylation is 2. The molecule has 1 unspecified atom stereocenters. The van der Waals surface area contributed by atoms with E-state index < -0.39 is 0 Å². The second-order valence-corrected chi connectivity index (χ2v) is 8.80. The van der Waals surface area contributed by atoms with Crippen LogP contribution in [0.25, 0.3) is 10.2 Å². The van der Waals surface area contributed by atoms with Crippen molar-refractivity contribution in [2.45, 2.75) is 57.5 Å². The van der Waals surface area contributed by atoms with E-state index in [1.807, 2.05) is 11.3 Å². The third-order valence-corrected chi connectivity index (χ3v) is 7.54. The summed E-state index contributed by atoms with van der Waals surface area (Å²) in [6.45, 7) is 4.68. The smallest absolute Gasteiger partial charge is 0.0693 e. The van der Waals surface area contributed by atoms with E-state index in [-0.39, 0.29) is 5.54 Å².